The van der Waals surface area contributed by atoms with Crippen LogP contribution >= 0.6 is 12.4 Å². The molecule has 8 heteroatoms. The zero-order valence-corrected chi connectivity index (χ0v) is 18.1. The molecule has 0 spiro atoms. The Kier molecular flexibility index (Phi) is 9.55. The van der Waals surface area contributed by atoms with E-state index in [1.807, 2.05) is 25.8 Å². The number of nitrogens with one attached hydrogen (secondary N) is 2. The fraction of sp³-hybridized carbons (Fsp3) is 0.600. The molecule has 1 saturated heterocycles. The molecule has 2 unspecified atom stereocenters. The van der Waals surface area contributed by atoms with Gasteiger partial charge in [-0.25, -0.2) is 0 Å². The maximum atomic E-state index is 13.0. The van der Waals surface area contributed by atoms with Gasteiger partial charge in [0.2, 0.25) is 5.91 Å². The fourth-order valence-corrected chi connectivity index (χ4v) is 3.29. The van der Waals surface area contributed by atoms with Gasteiger partial charge in [-0.3, -0.25) is 9.59 Å². The highest BCUT2D eigenvalue weighted by atomic mass is 35.5. The number of methoxy groups -OCH3 is 2. The second-order valence-electron chi connectivity index (χ2n) is 7.21. The first-order valence-corrected chi connectivity index (χ1v) is 9.39. The SMILES string of the molecule is CNC1CCCN(C(=O)C(NC(=O)c2cc(OC)cc(OC)c2)C(C)C)C1.Cl. The number of likely N-dealkylation sites (N-methyl/N-ethyl adjacent to an activating group) is 1. The molecule has 0 aliphatic carbocycles. The van der Waals surface area contributed by atoms with Gasteiger partial charge in [-0.1, -0.05) is 13.8 Å². The lowest BCUT2D eigenvalue weighted by atomic mass is 9.99. The lowest BCUT2D eigenvalue weighted by molar-refractivity contribution is -0.135. The molecule has 0 bridgehead atoms. The van der Waals surface area contributed by atoms with Gasteiger partial charge in [-0.15, -0.1) is 12.4 Å². The Bertz CT molecular complexity index is 647. The van der Waals surface area contributed by atoms with Crippen LogP contribution < -0.4 is 20.1 Å². The number of likely N-dealkylation sites (tertiary alicyclic amines) is 1. The van der Waals surface area contributed by atoms with Crippen LogP contribution in [0.25, 0.3) is 0 Å². The molecule has 2 atom stereocenters. The third-order valence-corrected chi connectivity index (χ3v) is 4.97. The normalized spacial score (nSPS) is 17.5. The van der Waals surface area contributed by atoms with Crippen LogP contribution in [0.5, 0.6) is 11.5 Å². The van der Waals surface area contributed by atoms with Crippen molar-refractivity contribution in [3.05, 3.63) is 23.8 Å². The van der Waals surface area contributed by atoms with Crippen LogP contribution in [0.4, 0.5) is 0 Å². The fourth-order valence-electron chi connectivity index (χ4n) is 3.29. The van der Waals surface area contributed by atoms with Crippen LogP contribution in [0.3, 0.4) is 0 Å². The third-order valence-electron chi connectivity index (χ3n) is 4.97. The van der Waals surface area contributed by atoms with E-state index in [4.69, 9.17) is 9.47 Å². The van der Waals surface area contributed by atoms with Crippen molar-refractivity contribution in [1.29, 1.82) is 0 Å². The van der Waals surface area contributed by atoms with Crippen molar-refractivity contribution in [2.75, 3.05) is 34.4 Å². The number of carbonyl (C=O) groups excluding carboxylic acids is 2. The first kappa shape index (κ1) is 24.0. The van der Waals surface area contributed by atoms with Crippen LogP contribution in [0, 0.1) is 5.92 Å². The number of benzene rings is 1. The minimum atomic E-state index is -0.578. The highest BCUT2D eigenvalue weighted by Crippen LogP contribution is 2.23. The van der Waals surface area contributed by atoms with Gasteiger partial charge in [-0.2, -0.15) is 0 Å². The van der Waals surface area contributed by atoms with Crippen molar-refractivity contribution in [3.8, 4) is 11.5 Å². The maximum Gasteiger partial charge on any atom is 0.252 e. The second kappa shape index (κ2) is 11.1. The van der Waals surface area contributed by atoms with Gasteiger partial charge >= 0.3 is 0 Å². The summed E-state index contributed by atoms with van der Waals surface area (Å²) in [6.07, 6.45) is 2.02. The topological polar surface area (TPSA) is 79.9 Å². The van der Waals surface area contributed by atoms with E-state index in [1.165, 1.54) is 14.2 Å². The molecule has 1 aromatic carbocycles. The van der Waals surface area contributed by atoms with Crippen molar-refractivity contribution >= 4 is 24.2 Å². The summed E-state index contributed by atoms with van der Waals surface area (Å²) < 4.78 is 10.4. The number of halogens is 1. The summed E-state index contributed by atoms with van der Waals surface area (Å²) in [4.78, 5) is 27.7. The Morgan fingerprint density at radius 2 is 1.75 bits per heavy atom. The molecule has 2 amide bonds. The van der Waals surface area contributed by atoms with Crippen molar-refractivity contribution < 1.29 is 19.1 Å². The molecule has 1 aromatic rings. The molecule has 2 N–H and O–H groups in total. The standard InChI is InChI=1S/C20H31N3O4.ClH/c1-13(2)18(20(25)23-8-6-7-15(12-23)21-3)22-19(24)14-9-16(26-4)11-17(10-14)27-5;/h9-11,13,15,18,21H,6-8,12H2,1-5H3,(H,22,24);1H. The molecule has 0 radical (unpaired) electrons. The summed E-state index contributed by atoms with van der Waals surface area (Å²) in [5, 5.41) is 6.14. The zero-order valence-electron chi connectivity index (χ0n) is 17.3. The molecular weight excluding hydrogens is 382 g/mol. The summed E-state index contributed by atoms with van der Waals surface area (Å²) in [6.45, 7) is 5.27. The first-order valence-electron chi connectivity index (χ1n) is 9.39. The lowest BCUT2D eigenvalue weighted by Gasteiger charge is -2.36. The Morgan fingerprint density at radius 1 is 1.14 bits per heavy atom. The molecule has 28 heavy (non-hydrogen) atoms. The summed E-state index contributed by atoms with van der Waals surface area (Å²) in [5.41, 5.74) is 0.399. The second-order valence-corrected chi connectivity index (χ2v) is 7.21. The minimum absolute atomic E-state index is 0. The van der Waals surface area contributed by atoms with Gasteiger partial charge in [0, 0.05) is 30.8 Å². The summed E-state index contributed by atoms with van der Waals surface area (Å²) in [5.74, 6) is 0.679. The minimum Gasteiger partial charge on any atom is -0.497 e. The van der Waals surface area contributed by atoms with Crippen LogP contribution in [-0.4, -0.2) is 63.2 Å². The highest BCUT2D eigenvalue weighted by Gasteiger charge is 2.31. The highest BCUT2D eigenvalue weighted by molar-refractivity contribution is 5.98. The molecule has 158 valence electrons. The first-order chi connectivity index (χ1) is 12.9. The molecule has 0 aromatic heterocycles. The van der Waals surface area contributed by atoms with Crippen molar-refractivity contribution in [2.45, 2.75) is 38.8 Å². The van der Waals surface area contributed by atoms with Crippen LogP contribution in [-0.2, 0) is 4.79 Å². The number of hydrogen-bond donors (Lipinski definition) is 2. The van der Waals surface area contributed by atoms with Crippen LogP contribution in [0.1, 0.15) is 37.0 Å². The van der Waals surface area contributed by atoms with E-state index in [2.05, 4.69) is 10.6 Å². The number of ether oxygens (including phenoxy) is 2. The summed E-state index contributed by atoms with van der Waals surface area (Å²) in [7, 11) is 4.98. The molecule has 1 fully saturated rings. The lowest BCUT2D eigenvalue weighted by Crippen LogP contribution is -2.55. The van der Waals surface area contributed by atoms with E-state index in [-0.39, 0.29) is 30.1 Å². The molecule has 1 aliphatic heterocycles. The Labute approximate surface area is 173 Å². The van der Waals surface area contributed by atoms with E-state index in [1.54, 1.807) is 18.2 Å². The van der Waals surface area contributed by atoms with Gasteiger partial charge in [0.05, 0.1) is 14.2 Å². The molecular formula is C20H32ClN3O4. The van der Waals surface area contributed by atoms with E-state index in [0.29, 0.717) is 29.6 Å². The smallest absolute Gasteiger partial charge is 0.252 e. The van der Waals surface area contributed by atoms with Crippen LogP contribution in [0.15, 0.2) is 18.2 Å². The predicted molar refractivity (Wildman–Crippen MR) is 112 cm³/mol. The molecule has 1 heterocycles. The summed E-state index contributed by atoms with van der Waals surface area (Å²) >= 11 is 0. The van der Waals surface area contributed by atoms with Gasteiger partial charge in [0.15, 0.2) is 0 Å². The Hall–Kier alpha value is -1.99. The average molecular weight is 414 g/mol. The van der Waals surface area contributed by atoms with Crippen LogP contribution in [0.2, 0.25) is 0 Å². The van der Waals surface area contributed by atoms with Crippen molar-refractivity contribution in [2.24, 2.45) is 5.92 Å². The van der Waals surface area contributed by atoms with E-state index < -0.39 is 6.04 Å². The molecule has 2 rings (SSSR count). The summed E-state index contributed by atoms with van der Waals surface area (Å²) in [6, 6.07) is 4.70. The average Bonchev–Trinajstić information content (AvgIpc) is 2.70. The Balaban J connectivity index is 0.00000392. The van der Waals surface area contributed by atoms with Crippen molar-refractivity contribution in [1.82, 2.24) is 15.5 Å². The quantitative estimate of drug-likeness (QED) is 0.715. The van der Waals surface area contributed by atoms with Gasteiger partial charge in [0.25, 0.3) is 5.91 Å². The van der Waals surface area contributed by atoms with Gasteiger partial charge in [0.1, 0.15) is 17.5 Å². The maximum absolute atomic E-state index is 13.0. The number of piperidine rings is 1. The number of amides is 2. The van der Waals surface area contributed by atoms with E-state index in [0.717, 1.165) is 19.4 Å². The van der Waals surface area contributed by atoms with Gasteiger partial charge < -0.3 is 25.0 Å². The van der Waals surface area contributed by atoms with E-state index in [9.17, 15) is 9.59 Å². The predicted octanol–water partition coefficient (Wildman–Crippen LogP) is 2.09. The van der Waals surface area contributed by atoms with Gasteiger partial charge in [-0.05, 0) is 37.9 Å². The third kappa shape index (κ3) is 6.01. The monoisotopic (exact) mass is 413 g/mol. The molecule has 1 aliphatic rings. The molecule has 0 saturated carbocycles. The number of nitrogens with zero attached hydrogens (tertiary/aromatic N) is 1. The number of hydrogen-bond acceptors (Lipinski definition) is 5. The van der Waals surface area contributed by atoms with Crippen molar-refractivity contribution in [3.63, 3.8) is 0 Å². The largest absolute Gasteiger partial charge is 0.497 e. The van der Waals surface area contributed by atoms with E-state index >= 15 is 0 Å². The number of carbonyl (C=O) groups is 2. The molecule has 7 nitrogen and oxygen atoms in total. The Morgan fingerprint density at radius 3 is 2.25 bits per heavy atom. The zero-order chi connectivity index (χ0) is 20.0. The number of rotatable bonds is 7.